The molecular formula is C9H13O4P. The van der Waals surface area contributed by atoms with Gasteiger partial charge in [-0.25, -0.2) is 0 Å². The van der Waals surface area contributed by atoms with E-state index in [9.17, 15) is 4.57 Å². The maximum Gasteiger partial charge on any atom is 0.192 e. The van der Waals surface area contributed by atoms with Crippen LogP contribution < -0.4 is 0 Å². The van der Waals surface area contributed by atoms with Crippen molar-refractivity contribution in [2.45, 2.75) is 6.42 Å². The summed E-state index contributed by atoms with van der Waals surface area (Å²) in [4.78, 5) is 0. The summed E-state index contributed by atoms with van der Waals surface area (Å²) in [5, 5.41) is 27.8. The van der Waals surface area contributed by atoms with Gasteiger partial charge in [-0.1, -0.05) is 12.2 Å². The molecular weight excluding hydrogens is 203 g/mol. The highest BCUT2D eigenvalue weighted by molar-refractivity contribution is 7.29. The van der Waals surface area contributed by atoms with E-state index in [0.717, 1.165) is 0 Å². The van der Waals surface area contributed by atoms with Crippen LogP contribution in [0.1, 0.15) is 6.42 Å². The van der Waals surface area contributed by atoms with Crippen LogP contribution in [0.2, 0.25) is 0 Å². The normalized spacial score (nSPS) is 20.5. The SMILES string of the molecule is O=PC1=C(CO)CC(CO)(CO)C=C1. The maximum atomic E-state index is 10.7. The molecule has 0 bridgehead atoms. The first kappa shape index (κ1) is 11.5. The number of hydrogen-bond donors (Lipinski definition) is 3. The monoisotopic (exact) mass is 216 g/mol. The minimum atomic E-state index is -0.716. The Bertz CT molecular complexity index is 279. The first-order chi connectivity index (χ1) is 6.71. The molecule has 0 heterocycles. The topological polar surface area (TPSA) is 77.8 Å². The molecule has 0 aliphatic heterocycles. The summed E-state index contributed by atoms with van der Waals surface area (Å²) in [5.41, 5.74) is -0.112. The lowest BCUT2D eigenvalue weighted by Crippen LogP contribution is -2.30. The van der Waals surface area contributed by atoms with Gasteiger partial charge in [0.1, 0.15) is 0 Å². The largest absolute Gasteiger partial charge is 0.395 e. The van der Waals surface area contributed by atoms with Gasteiger partial charge in [-0.2, -0.15) is 0 Å². The lowest BCUT2D eigenvalue weighted by Gasteiger charge is -2.30. The van der Waals surface area contributed by atoms with Crippen LogP contribution in [0.25, 0.3) is 0 Å². The zero-order valence-electron chi connectivity index (χ0n) is 7.68. The lowest BCUT2D eigenvalue weighted by atomic mass is 9.80. The second-order valence-electron chi connectivity index (χ2n) is 3.43. The highest BCUT2D eigenvalue weighted by atomic mass is 31.1. The molecule has 78 valence electrons. The predicted octanol–water partition coefficient (Wildman–Crippen LogP) is 0.455. The van der Waals surface area contributed by atoms with Gasteiger partial charge in [-0.05, 0) is 12.0 Å². The molecule has 0 amide bonds. The number of aliphatic hydroxyl groups excluding tert-OH is 3. The third-order valence-electron chi connectivity index (χ3n) is 2.44. The van der Waals surface area contributed by atoms with Crippen molar-refractivity contribution in [3.8, 4) is 0 Å². The van der Waals surface area contributed by atoms with Crippen LogP contribution in [0.3, 0.4) is 0 Å². The van der Waals surface area contributed by atoms with E-state index >= 15 is 0 Å². The average Bonchev–Trinajstić information content (AvgIpc) is 2.28. The van der Waals surface area contributed by atoms with Gasteiger partial charge in [0.25, 0.3) is 0 Å². The van der Waals surface area contributed by atoms with E-state index < -0.39 is 5.41 Å². The molecule has 0 unspecified atom stereocenters. The van der Waals surface area contributed by atoms with E-state index in [-0.39, 0.29) is 28.3 Å². The number of hydrogen-bond acceptors (Lipinski definition) is 4. The van der Waals surface area contributed by atoms with Crippen LogP contribution in [0, 0.1) is 5.41 Å². The molecule has 1 aliphatic carbocycles. The first-order valence-electron chi connectivity index (χ1n) is 4.28. The molecule has 4 nitrogen and oxygen atoms in total. The molecule has 0 spiro atoms. The highest BCUT2D eigenvalue weighted by Crippen LogP contribution is 2.36. The molecule has 0 saturated heterocycles. The second-order valence-corrected chi connectivity index (χ2v) is 4.09. The molecule has 0 aromatic carbocycles. The third-order valence-corrected chi connectivity index (χ3v) is 3.10. The van der Waals surface area contributed by atoms with Crippen LogP contribution in [0.5, 0.6) is 0 Å². The summed E-state index contributed by atoms with van der Waals surface area (Å²) in [5.74, 6) is 0. The summed E-state index contributed by atoms with van der Waals surface area (Å²) in [6.07, 6.45) is 3.57. The molecule has 0 saturated carbocycles. The summed E-state index contributed by atoms with van der Waals surface area (Å²) in [7, 11) is -0.144. The number of allylic oxidation sites excluding steroid dienone is 2. The Kier molecular flexibility index (Phi) is 3.96. The molecule has 1 rings (SSSR count). The van der Waals surface area contributed by atoms with Crippen molar-refractivity contribution in [1.82, 2.24) is 0 Å². The molecule has 14 heavy (non-hydrogen) atoms. The van der Waals surface area contributed by atoms with E-state index in [1.807, 2.05) is 0 Å². The third kappa shape index (κ3) is 2.10. The molecule has 1 aliphatic rings. The summed E-state index contributed by atoms with van der Waals surface area (Å²) in [6.45, 7) is -0.574. The maximum absolute atomic E-state index is 10.7. The van der Waals surface area contributed by atoms with Gasteiger partial charge in [0, 0.05) is 10.7 Å². The minimum Gasteiger partial charge on any atom is -0.395 e. The lowest BCUT2D eigenvalue weighted by molar-refractivity contribution is 0.0899. The van der Waals surface area contributed by atoms with E-state index in [1.165, 1.54) is 0 Å². The van der Waals surface area contributed by atoms with Crippen molar-refractivity contribution in [2.75, 3.05) is 19.8 Å². The van der Waals surface area contributed by atoms with Crippen molar-refractivity contribution < 1.29 is 19.9 Å². The van der Waals surface area contributed by atoms with E-state index in [1.54, 1.807) is 12.2 Å². The molecule has 0 radical (unpaired) electrons. The van der Waals surface area contributed by atoms with Gasteiger partial charge in [0.15, 0.2) is 8.46 Å². The smallest absolute Gasteiger partial charge is 0.192 e. The number of rotatable bonds is 4. The van der Waals surface area contributed by atoms with Gasteiger partial charge in [-0.3, -0.25) is 4.57 Å². The molecule has 5 heteroatoms. The van der Waals surface area contributed by atoms with Crippen molar-refractivity contribution in [1.29, 1.82) is 0 Å². The van der Waals surface area contributed by atoms with Gasteiger partial charge in [0.05, 0.1) is 19.8 Å². The van der Waals surface area contributed by atoms with Crippen molar-refractivity contribution >= 4 is 8.46 Å². The summed E-state index contributed by atoms with van der Waals surface area (Å²) in [6, 6.07) is 0. The number of aliphatic hydroxyl groups is 3. The molecule has 0 atom stereocenters. The van der Waals surface area contributed by atoms with Gasteiger partial charge < -0.3 is 15.3 Å². The molecule has 0 aromatic heterocycles. The van der Waals surface area contributed by atoms with Crippen LogP contribution in [0.4, 0.5) is 0 Å². The predicted molar refractivity (Wildman–Crippen MR) is 52.1 cm³/mol. The van der Waals surface area contributed by atoms with Crippen LogP contribution >= 0.6 is 8.46 Å². The Labute approximate surface area is 83.8 Å². The fraction of sp³-hybridized carbons (Fsp3) is 0.556. The Morgan fingerprint density at radius 1 is 1.36 bits per heavy atom. The fourth-order valence-corrected chi connectivity index (χ4v) is 1.86. The van der Waals surface area contributed by atoms with E-state index in [0.29, 0.717) is 17.3 Å². The summed E-state index contributed by atoms with van der Waals surface area (Å²) >= 11 is 0. The van der Waals surface area contributed by atoms with Crippen molar-refractivity contribution in [3.05, 3.63) is 23.0 Å². The highest BCUT2D eigenvalue weighted by Gasteiger charge is 2.30. The van der Waals surface area contributed by atoms with Crippen LogP contribution in [-0.4, -0.2) is 35.1 Å². The van der Waals surface area contributed by atoms with Crippen LogP contribution in [0.15, 0.2) is 23.0 Å². The Hall–Kier alpha value is -0.540. The van der Waals surface area contributed by atoms with Gasteiger partial charge >= 0.3 is 0 Å². The minimum absolute atomic E-state index is 0.144. The van der Waals surface area contributed by atoms with Gasteiger partial charge in [-0.15, -0.1) is 0 Å². The average molecular weight is 216 g/mol. The zero-order valence-corrected chi connectivity index (χ0v) is 8.57. The molecule has 3 N–H and O–H groups in total. The standard InChI is InChI=1S/C9H13O4P/c10-4-7-3-9(5-11,6-12)2-1-8(7)14-13/h1-2,10-12H,3-6H2. The Morgan fingerprint density at radius 3 is 2.43 bits per heavy atom. The fourth-order valence-electron chi connectivity index (χ4n) is 1.45. The second kappa shape index (κ2) is 4.80. The quantitative estimate of drug-likeness (QED) is 0.596. The van der Waals surface area contributed by atoms with Crippen molar-refractivity contribution in [2.24, 2.45) is 5.41 Å². The van der Waals surface area contributed by atoms with Crippen LogP contribution in [-0.2, 0) is 4.57 Å². The first-order valence-corrected chi connectivity index (χ1v) is 5.10. The van der Waals surface area contributed by atoms with E-state index in [2.05, 4.69) is 0 Å². The molecule has 0 fully saturated rings. The Morgan fingerprint density at radius 2 is 2.00 bits per heavy atom. The summed E-state index contributed by atoms with van der Waals surface area (Å²) < 4.78 is 10.7. The Balaban J connectivity index is 2.95. The van der Waals surface area contributed by atoms with Gasteiger partial charge in [0.2, 0.25) is 0 Å². The van der Waals surface area contributed by atoms with E-state index in [4.69, 9.17) is 15.3 Å². The zero-order chi connectivity index (χ0) is 10.6. The molecule has 0 aromatic rings. The van der Waals surface area contributed by atoms with Crippen molar-refractivity contribution in [3.63, 3.8) is 0 Å².